The Labute approximate surface area is 118 Å². The van der Waals surface area contributed by atoms with Crippen LogP contribution < -0.4 is 15.2 Å². The lowest BCUT2D eigenvalue weighted by Gasteiger charge is -2.22. The van der Waals surface area contributed by atoms with Crippen LogP contribution >= 0.6 is 0 Å². The van der Waals surface area contributed by atoms with Crippen LogP contribution in [0.1, 0.15) is 26.3 Å². The van der Waals surface area contributed by atoms with Crippen LogP contribution in [0.3, 0.4) is 0 Å². The van der Waals surface area contributed by atoms with Gasteiger partial charge in [-0.3, -0.25) is 4.79 Å². The van der Waals surface area contributed by atoms with Gasteiger partial charge in [0.25, 0.3) is 5.91 Å². The second kappa shape index (κ2) is 4.75. The average molecular weight is 298 g/mol. The van der Waals surface area contributed by atoms with Gasteiger partial charge in [0.1, 0.15) is 5.75 Å². The van der Waals surface area contributed by atoms with Crippen LogP contribution in [-0.2, 0) is 21.2 Å². The van der Waals surface area contributed by atoms with E-state index in [-0.39, 0.29) is 16.3 Å². The van der Waals surface area contributed by atoms with Crippen LogP contribution in [0.2, 0.25) is 0 Å². The zero-order valence-electron chi connectivity index (χ0n) is 11.6. The van der Waals surface area contributed by atoms with E-state index in [1.54, 1.807) is 0 Å². The predicted molar refractivity (Wildman–Crippen MR) is 73.8 cm³/mol. The normalized spacial score (nSPS) is 18.3. The highest BCUT2D eigenvalue weighted by Crippen LogP contribution is 2.30. The summed E-state index contributed by atoms with van der Waals surface area (Å²) in [5.74, 6) is 0.303. The predicted octanol–water partition coefficient (Wildman–Crippen LogP) is 0.552. The minimum Gasteiger partial charge on any atom is -0.480 e. The molecule has 2 rings (SSSR count). The monoisotopic (exact) mass is 298 g/mol. The summed E-state index contributed by atoms with van der Waals surface area (Å²) in [5, 5.41) is 7.91. The molecule has 1 amide bonds. The number of primary sulfonamides is 1. The van der Waals surface area contributed by atoms with Crippen molar-refractivity contribution >= 4 is 15.9 Å². The van der Waals surface area contributed by atoms with Gasteiger partial charge in [0.15, 0.2) is 6.10 Å². The van der Waals surface area contributed by atoms with E-state index in [0.717, 1.165) is 0 Å². The minimum atomic E-state index is -3.75. The van der Waals surface area contributed by atoms with E-state index in [1.165, 1.54) is 18.2 Å². The Morgan fingerprint density at radius 3 is 2.60 bits per heavy atom. The molecule has 7 heteroatoms. The van der Waals surface area contributed by atoms with Crippen molar-refractivity contribution in [3.05, 3.63) is 23.8 Å². The van der Waals surface area contributed by atoms with Crippen molar-refractivity contribution < 1.29 is 17.9 Å². The Hall–Kier alpha value is -1.60. The topological polar surface area (TPSA) is 98.5 Å². The Morgan fingerprint density at radius 2 is 2.05 bits per heavy atom. The first-order valence-electron chi connectivity index (χ1n) is 6.21. The summed E-state index contributed by atoms with van der Waals surface area (Å²) >= 11 is 0. The number of hydrogen-bond donors (Lipinski definition) is 2. The van der Waals surface area contributed by atoms with E-state index in [0.29, 0.717) is 17.7 Å². The fourth-order valence-electron chi connectivity index (χ4n) is 2.00. The lowest BCUT2D eigenvalue weighted by molar-refractivity contribution is -0.128. The van der Waals surface area contributed by atoms with Crippen molar-refractivity contribution in [2.75, 3.05) is 0 Å². The molecule has 0 aromatic heterocycles. The molecule has 1 unspecified atom stereocenters. The van der Waals surface area contributed by atoms with Crippen LogP contribution in [-0.4, -0.2) is 26.0 Å². The zero-order valence-corrected chi connectivity index (χ0v) is 12.5. The number of nitrogens with two attached hydrogens (primary N) is 1. The second-order valence-electron chi connectivity index (χ2n) is 5.86. The Balaban J connectivity index is 2.18. The fraction of sp³-hybridized carbons (Fsp3) is 0.462. The number of carbonyl (C=O) groups is 1. The van der Waals surface area contributed by atoms with Gasteiger partial charge in [-0.25, -0.2) is 13.6 Å². The van der Waals surface area contributed by atoms with E-state index in [9.17, 15) is 13.2 Å². The van der Waals surface area contributed by atoms with Gasteiger partial charge in [-0.1, -0.05) is 0 Å². The van der Waals surface area contributed by atoms with Gasteiger partial charge >= 0.3 is 0 Å². The molecule has 0 bridgehead atoms. The van der Waals surface area contributed by atoms with Crippen LogP contribution in [0.15, 0.2) is 23.1 Å². The number of sulfonamides is 1. The first kappa shape index (κ1) is 14.8. The van der Waals surface area contributed by atoms with E-state index < -0.39 is 16.1 Å². The van der Waals surface area contributed by atoms with Crippen molar-refractivity contribution in [3.8, 4) is 5.75 Å². The largest absolute Gasteiger partial charge is 0.480 e. The van der Waals surface area contributed by atoms with Crippen molar-refractivity contribution in [1.29, 1.82) is 0 Å². The van der Waals surface area contributed by atoms with E-state index in [4.69, 9.17) is 9.88 Å². The summed E-state index contributed by atoms with van der Waals surface area (Å²) in [5.41, 5.74) is 0.326. The number of amides is 1. The van der Waals surface area contributed by atoms with E-state index >= 15 is 0 Å². The maximum Gasteiger partial charge on any atom is 0.261 e. The van der Waals surface area contributed by atoms with Gasteiger partial charge in [0.2, 0.25) is 10.0 Å². The summed E-state index contributed by atoms with van der Waals surface area (Å²) in [6.45, 7) is 5.64. The lowest BCUT2D eigenvalue weighted by Crippen LogP contribution is -2.47. The molecule has 3 N–H and O–H groups in total. The van der Waals surface area contributed by atoms with Crippen molar-refractivity contribution in [2.24, 2.45) is 5.14 Å². The maximum absolute atomic E-state index is 12.0. The molecule has 0 fully saturated rings. The molecule has 0 saturated heterocycles. The summed E-state index contributed by atoms with van der Waals surface area (Å²) < 4.78 is 28.1. The number of rotatable bonds is 2. The van der Waals surface area contributed by atoms with Gasteiger partial charge in [0.05, 0.1) is 4.90 Å². The third kappa shape index (κ3) is 3.29. The fourth-order valence-corrected chi connectivity index (χ4v) is 2.56. The number of carbonyl (C=O) groups excluding carboxylic acids is 1. The summed E-state index contributed by atoms with van der Waals surface area (Å²) in [4.78, 5) is 12.1. The molecule has 1 heterocycles. The number of nitrogens with one attached hydrogen (secondary N) is 1. The molecule has 110 valence electrons. The Bertz CT molecular complexity index is 647. The third-order valence-electron chi connectivity index (χ3n) is 2.83. The molecule has 0 saturated carbocycles. The highest BCUT2D eigenvalue weighted by molar-refractivity contribution is 7.89. The molecule has 0 spiro atoms. The van der Waals surface area contributed by atoms with Crippen molar-refractivity contribution in [2.45, 2.75) is 43.7 Å². The van der Waals surface area contributed by atoms with Crippen LogP contribution in [0.4, 0.5) is 0 Å². The van der Waals surface area contributed by atoms with Crippen molar-refractivity contribution in [1.82, 2.24) is 5.32 Å². The highest BCUT2D eigenvalue weighted by atomic mass is 32.2. The minimum absolute atomic E-state index is 0.0247. The molecule has 1 aromatic carbocycles. The van der Waals surface area contributed by atoms with Gasteiger partial charge < -0.3 is 10.1 Å². The SMILES string of the molecule is CC(C)(C)NC(=O)C1Cc2cc(S(N)(=O)=O)ccc2O1. The van der Waals surface area contributed by atoms with Crippen LogP contribution in [0.5, 0.6) is 5.75 Å². The molecule has 1 atom stereocenters. The lowest BCUT2D eigenvalue weighted by atomic mass is 10.1. The molecular weight excluding hydrogens is 280 g/mol. The highest BCUT2D eigenvalue weighted by Gasteiger charge is 2.31. The Morgan fingerprint density at radius 1 is 1.40 bits per heavy atom. The number of hydrogen-bond acceptors (Lipinski definition) is 4. The maximum atomic E-state index is 12.0. The number of fused-ring (bicyclic) bond motifs is 1. The second-order valence-corrected chi connectivity index (χ2v) is 7.43. The number of ether oxygens (including phenoxy) is 1. The van der Waals surface area contributed by atoms with E-state index in [2.05, 4.69) is 5.32 Å². The molecule has 0 aliphatic carbocycles. The average Bonchev–Trinajstić information content (AvgIpc) is 2.67. The molecule has 1 aromatic rings. The summed E-state index contributed by atoms with van der Waals surface area (Å²) in [7, 11) is -3.75. The molecule has 1 aliphatic rings. The van der Waals surface area contributed by atoms with Gasteiger partial charge in [-0.15, -0.1) is 0 Å². The van der Waals surface area contributed by atoms with Crippen LogP contribution in [0, 0.1) is 0 Å². The van der Waals surface area contributed by atoms with Gasteiger partial charge in [0, 0.05) is 12.0 Å². The molecule has 20 heavy (non-hydrogen) atoms. The van der Waals surface area contributed by atoms with Gasteiger partial charge in [-0.05, 0) is 44.5 Å². The van der Waals surface area contributed by atoms with Crippen molar-refractivity contribution in [3.63, 3.8) is 0 Å². The molecule has 0 radical (unpaired) electrons. The standard InChI is InChI=1S/C13H18N2O4S/c1-13(2,3)15-12(16)11-7-8-6-9(20(14,17)18)4-5-10(8)19-11/h4-6,11H,7H2,1-3H3,(H,15,16)(H2,14,17,18). The summed E-state index contributed by atoms with van der Waals surface area (Å²) in [6, 6.07) is 4.35. The third-order valence-corrected chi connectivity index (χ3v) is 3.74. The molecular formula is C13H18N2O4S. The van der Waals surface area contributed by atoms with Crippen LogP contribution in [0.25, 0.3) is 0 Å². The Kier molecular flexibility index (Phi) is 3.51. The van der Waals surface area contributed by atoms with Gasteiger partial charge in [-0.2, -0.15) is 0 Å². The number of benzene rings is 1. The molecule has 6 nitrogen and oxygen atoms in total. The molecule has 1 aliphatic heterocycles. The quantitative estimate of drug-likeness (QED) is 0.833. The summed E-state index contributed by atoms with van der Waals surface area (Å²) in [6.07, 6.45) is -0.305. The van der Waals surface area contributed by atoms with E-state index in [1.807, 2.05) is 20.8 Å². The smallest absolute Gasteiger partial charge is 0.261 e. The first-order chi connectivity index (χ1) is 9.06. The first-order valence-corrected chi connectivity index (χ1v) is 7.75. The zero-order chi connectivity index (χ0) is 15.1.